The lowest BCUT2D eigenvalue weighted by Crippen LogP contribution is -2.44. The molecule has 1 N–H and O–H groups in total. The highest BCUT2D eigenvalue weighted by Gasteiger charge is 2.35. The van der Waals surface area contributed by atoms with Gasteiger partial charge in [-0.2, -0.15) is 5.10 Å². The summed E-state index contributed by atoms with van der Waals surface area (Å²) in [5.41, 5.74) is 2.35. The minimum absolute atomic E-state index is 0.187. The predicted octanol–water partition coefficient (Wildman–Crippen LogP) is 4.56. The Morgan fingerprint density at radius 1 is 1.23 bits per heavy atom. The Balaban J connectivity index is 1.56. The van der Waals surface area contributed by atoms with Crippen LogP contribution in [0.1, 0.15) is 34.5 Å². The molecule has 7 heteroatoms. The lowest BCUT2D eigenvalue weighted by Gasteiger charge is -2.38. The summed E-state index contributed by atoms with van der Waals surface area (Å²) in [7, 11) is 0. The Kier molecular flexibility index (Phi) is 6.01. The van der Waals surface area contributed by atoms with Crippen LogP contribution in [0, 0.1) is 12.7 Å². The molecule has 1 aliphatic rings. The van der Waals surface area contributed by atoms with E-state index in [2.05, 4.69) is 38.5 Å². The zero-order valence-corrected chi connectivity index (χ0v) is 18.3. The van der Waals surface area contributed by atoms with E-state index in [4.69, 9.17) is 4.74 Å². The summed E-state index contributed by atoms with van der Waals surface area (Å²) < 4.78 is 22.2. The van der Waals surface area contributed by atoms with Crippen LogP contribution in [-0.2, 0) is 10.2 Å². The molecule has 4 rings (SSSR count). The van der Waals surface area contributed by atoms with Crippen molar-refractivity contribution >= 4 is 21.8 Å². The molecule has 3 aromatic rings. The maximum atomic E-state index is 14.2. The van der Waals surface area contributed by atoms with Crippen molar-refractivity contribution in [2.45, 2.75) is 25.2 Å². The largest absolute Gasteiger partial charge is 0.381 e. The molecule has 2 aromatic carbocycles. The van der Waals surface area contributed by atoms with Gasteiger partial charge < -0.3 is 10.1 Å². The third-order valence-electron chi connectivity index (χ3n) is 5.81. The highest BCUT2D eigenvalue weighted by Crippen LogP contribution is 2.35. The van der Waals surface area contributed by atoms with Crippen LogP contribution in [0.4, 0.5) is 4.39 Å². The molecule has 5 nitrogen and oxygen atoms in total. The standard InChI is InChI=1S/C23H23BrFN3O2/c1-16-19(14-27-28(16)21-8-3-2-7-20(21)25)22(29)26-15-23(9-11-30-12-10-23)17-5-4-6-18(24)13-17/h2-8,13-14H,9-12,15H2,1H3,(H,26,29). The number of benzene rings is 2. The van der Waals surface area contributed by atoms with Gasteiger partial charge in [-0.1, -0.05) is 40.2 Å². The molecule has 0 atom stereocenters. The van der Waals surface area contributed by atoms with E-state index in [9.17, 15) is 9.18 Å². The molecule has 1 aromatic heterocycles. The molecule has 0 bridgehead atoms. The number of hydrogen-bond donors (Lipinski definition) is 1. The first-order valence-electron chi connectivity index (χ1n) is 9.92. The molecule has 0 radical (unpaired) electrons. The minimum Gasteiger partial charge on any atom is -0.381 e. The Morgan fingerprint density at radius 2 is 2.00 bits per heavy atom. The number of hydrogen-bond acceptors (Lipinski definition) is 3. The van der Waals surface area contributed by atoms with Gasteiger partial charge in [0, 0.05) is 29.6 Å². The highest BCUT2D eigenvalue weighted by atomic mass is 79.9. The summed E-state index contributed by atoms with van der Waals surface area (Å²) in [5, 5.41) is 7.33. The molecule has 1 aliphatic heterocycles. The zero-order valence-electron chi connectivity index (χ0n) is 16.7. The molecular weight excluding hydrogens is 449 g/mol. The lowest BCUT2D eigenvalue weighted by atomic mass is 9.74. The van der Waals surface area contributed by atoms with Gasteiger partial charge >= 0.3 is 0 Å². The second kappa shape index (κ2) is 8.70. The Bertz CT molecular complexity index is 1060. The van der Waals surface area contributed by atoms with E-state index in [1.807, 2.05) is 12.1 Å². The van der Waals surface area contributed by atoms with Crippen molar-refractivity contribution in [3.8, 4) is 5.69 Å². The van der Waals surface area contributed by atoms with Crippen molar-refractivity contribution in [3.63, 3.8) is 0 Å². The van der Waals surface area contributed by atoms with Crippen LogP contribution in [-0.4, -0.2) is 35.4 Å². The second-order valence-corrected chi connectivity index (χ2v) is 8.51. The van der Waals surface area contributed by atoms with Gasteiger partial charge in [0.15, 0.2) is 0 Å². The van der Waals surface area contributed by atoms with Crippen molar-refractivity contribution in [3.05, 3.63) is 81.8 Å². The number of carbonyl (C=O) groups excluding carboxylic acids is 1. The van der Waals surface area contributed by atoms with E-state index in [1.54, 1.807) is 25.1 Å². The minimum atomic E-state index is -0.383. The fraction of sp³-hybridized carbons (Fsp3) is 0.304. The SMILES string of the molecule is Cc1c(C(=O)NCC2(c3cccc(Br)c3)CCOCC2)cnn1-c1ccccc1F. The van der Waals surface area contributed by atoms with Gasteiger partial charge in [-0.15, -0.1) is 0 Å². The molecule has 1 amide bonds. The molecule has 0 unspecified atom stereocenters. The average molecular weight is 472 g/mol. The monoisotopic (exact) mass is 471 g/mol. The van der Waals surface area contributed by atoms with Crippen LogP contribution in [0.3, 0.4) is 0 Å². The summed E-state index contributed by atoms with van der Waals surface area (Å²) in [6.45, 7) is 3.59. The fourth-order valence-electron chi connectivity index (χ4n) is 3.99. The van der Waals surface area contributed by atoms with Crippen LogP contribution in [0.2, 0.25) is 0 Å². The first-order valence-corrected chi connectivity index (χ1v) is 10.7. The van der Waals surface area contributed by atoms with Gasteiger partial charge in [0.1, 0.15) is 11.5 Å². The van der Waals surface area contributed by atoms with Gasteiger partial charge in [0.25, 0.3) is 5.91 Å². The molecule has 0 aliphatic carbocycles. The first kappa shape index (κ1) is 20.8. The summed E-state index contributed by atoms with van der Waals surface area (Å²) >= 11 is 3.55. The molecular formula is C23H23BrFN3O2. The second-order valence-electron chi connectivity index (χ2n) is 7.59. The van der Waals surface area contributed by atoms with Crippen LogP contribution in [0.5, 0.6) is 0 Å². The molecule has 1 fully saturated rings. The Morgan fingerprint density at radius 3 is 2.73 bits per heavy atom. The zero-order chi connectivity index (χ0) is 21.1. The summed E-state index contributed by atoms with van der Waals surface area (Å²) in [6, 6.07) is 14.6. The van der Waals surface area contributed by atoms with Crippen molar-refractivity contribution in [1.82, 2.24) is 15.1 Å². The first-order chi connectivity index (χ1) is 14.5. The number of nitrogens with zero attached hydrogens (tertiary/aromatic N) is 2. The number of amides is 1. The third kappa shape index (κ3) is 4.04. The van der Waals surface area contributed by atoms with Gasteiger partial charge in [-0.05, 0) is 49.6 Å². The van der Waals surface area contributed by atoms with E-state index >= 15 is 0 Å². The number of rotatable bonds is 5. The number of para-hydroxylation sites is 1. The number of aromatic nitrogens is 2. The molecule has 0 saturated carbocycles. The summed E-state index contributed by atoms with van der Waals surface area (Å²) in [5.74, 6) is -0.595. The third-order valence-corrected chi connectivity index (χ3v) is 6.30. The van der Waals surface area contributed by atoms with E-state index in [0.717, 1.165) is 17.3 Å². The summed E-state index contributed by atoms with van der Waals surface area (Å²) in [6.07, 6.45) is 3.15. The Labute approximate surface area is 183 Å². The van der Waals surface area contributed by atoms with E-state index in [1.165, 1.54) is 22.5 Å². The van der Waals surface area contributed by atoms with E-state index < -0.39 is 0 Å². The van der Waals surface area contributed by atoms with Crippen molar-refractivity contribution in [2.24, 2.45) is 0 Å². The number of carbonyl (C=O) groups is 1. The van der Waals surface area contributed by atoms with E-state index in [-0.39, 0.29) is 17.1 Å². The summed E-state index contributed by atoms with van der Waals surface area (Å²) in [4.78, 5) is 13.0. The smallest absolute Gasteiger partial charge is 0.254 e. The maximum Gasteiger partial charge on any atom is 0.254 e. The van der Waals surface area contributed by atoms with Crippen LogP contribution >= 0.6 is 15.9 Å². The molecule has 2 heterocycles. The van der Waals surface area contributed by atoms with Gasteiger partial charge in [-0.3, -0.25) is 4.79 Å². The van der Waals surface area contributed by atoms with Crippen LogP contribution < -0.4 is 5.32 Å². The van der Waals surface area contributed by atoms with E-state index in [0.29, 0.717) is 36.7 Å². The van der Waals surface area contributed by atoms with Crippen molar-refractivity contribution < 1.29 is 13.9 Å². The van der Waals surface area contributed by atoms with Crippen LogP contribution in [0.25, 0.3) is 5.69 Å². The van der Waals surface area contributed by atoms with Gasteiger partial charge in [0.05, 0.1) is 17.5 Å². The number of halogens is 2. The Hall–Kier alpha value is -2.51. The lowest BCUT2D eigenvalue weighted by molar-refractivity contribution is 0.0487. The molecule has 156 valence electrons. The molecule has 0 spiro atoms. The fourth-order valence-corrected chi connectivity index (χ4v) is 4.39. The topological polar surface area (TPSA) is 56.1 Å². The van der Waals surface area contributed by atoms with Gasteiger partial charge in [0.2, 0.25) is 0 Å². The quantitative estimate of drug-likeness (QED) is 0.593. The maximum absolute atomic E-state index is 14.2. The normalized spacial score (nSPS) is 15.7. The van der Waals surface area contributed by atoms with Crippen molar-refractivity contribution in [1.29, 1.82) is 0 Å². The molecule has 1 saturated heterocycles. The number of ether oxygens (including phenoxy) is 1. The van der Waals surface area contributed by atoms with Gasteiger partial charge in [-0.25, -0.2) is 9.07 Å². The highest BCUT2D eigenvalue weighted by molar-refractivity contribution is 9.10. The molecule has 30 heavy (non-hydrogen) atoms. The van der Waals surface area contributed by atoms with Crippen molar-refractivity contribution in [2.75, 3.05) is 19.8 Å². The van der Waals surface area contributed by atoms with Crippen LogP contribution in [0.15, 0.2) is 59.2 Å². The number of nitrogens with one attached hydrogen (secondary N) is 1. The average Bonchev–Trinajstić information content (AvgIpc) is 3.14. The predicted molar refractivity (Wildman–Crippen MR) is 116 cm³/mol.